The number of hydrogen-bond acceptors (Lipinski definition) is 7. The zero-order valence-electron chi connectivity index (χ0n) is 18.6. The normalized spacial score (nSPS) is 13.5. The first-order chi connectivity index (χ1) is 17.1. The predicted molar refractivity (Wildman–Crippen MR) is 145 cm³/mol. The summed E-state index contributed by atoms with van der Waals surface area (Å²) in [7, 11) is 0. The Labute approximate surface area is 221 Å². The largest absolute Gasteiger partial charge is 0.488 e. The van der Waals surface area contributed by atoms with E-state index < -0.39 is 0 Å². The summed E-state index contributed by atoms with van der Waals surface area (Å²) in [6, 6.07) is 22.8. The van der Waals surface area contributed by atoms with Crippen LogP contribution < -0.4 is 14.9 Å². The minimum atomic E-state index is -0.368. The van der Waals surface area contributed by atoms with Crippen molar-refractivity contribution in [2.75, 3.05) is 18.1 Å². The molecular formula is C26H22BrN3O3S2. The number of carbonyl (C=O) groups is 1. The highest BCUT2D eigenvalue weighted by Crippen LogP contribution is 2.45. The summed E-state index contributed by atoms with van der Waals surface area (Å²) in [5, 5.41) is 13.3. The molecule has 1 fully saturated rings. The Balaban J connectivity index is 1.30. The summed E-state index contributed by atoms with van der Waals surface area (Å²) in [4.78, 5) is 12.2. The number of nitrogens with zero attached hydrogens (tertiary/aromatic N) is 2. The van der Waals surface area contributed by atoms with Crippen LogP contribution in [-0.2, 0) is 11.4 Å². The first-order valence-corrected chi connectivity index (χ1v) is 13.7. The lowest BCUT2D eigenvalue weighted by atomic mass is 10.1. The first-order valence-electron chi connectivity index (χ1n) is 10.8. The average Bonchev–Trinajstić information content (AvgIpc) is 3.43. The van der Waals surface area contributed by atoms with Crippen molar-refractivity contribution in [3.8, 4) is 17.6 Å². The standard InChI is InChI=1S/C26H22BrN3O3S2/c27-22-7-10-24(33-16-20-4-2-1-3-19(20)14-28)21(13-22)15-29-30-25(31)17-32-23-8-5-18(6-9-23)26-34-11-12-35-26/h1-10,13,15,26H,11-12,16-17H2,(H,30,31)/b29-15-. The number of thioether (sulfide) groups is 2. The maximum atomic E-state index is 12.2. The molecule has 4 rings (SSSR count). The molecule has 35 heavy (non-hydrogen) atoms. The van der Waals surface area contributed by atoms with Gasteiger partial charge in [-0.3, -0.25) is 4.79 Å². The van der Waals surface area contributed by atoms with Crippen LogP contribution in [0.4, 0.5) is 0 Å². The number of carbonyl (C=O) groups excluding carboxylic acids is 1. The van der Waals surface area contributed by atoms with E-state index in [2.05, 4.69) is 32.5 Å². The monoisotopic (exact) mass is 567 g/mol. The van der Waals surface area contributed by atoms with Crippen LogP contribution in [0.5, 0.6) is 11.5 Å². The van der Waals surface area contributed by atoms with Crippen molar-refractivity contribution in [1.29, 1.82) is 5.26 Å². The van der Waals surface area contributed by atoms with E-state index >= 15 is 0 Å². The topological polar surface area (TPSA) is 83.7 Å². The number of hydrogen-bond donors (Lipinski definition) is 1. The minimum Gasteiger partial charge on any atom is -0.488 e. The van der Waals surface area contributed by atoms with E-state index in [1.807, 2.05) is 78.1 Å². The van der Waals surface area contributed by atoms with Gasteiger partial charge in [0.05, 0.1) is 22.4 Å². The van der Waals surface area contributed by atoms with Crippen LogP contribution in [0.25, 0.3) is 0 Å². The van der Waals surface area contributed by atoms with Crippen molar-refractivity contribution in [3.63, 3.8) is 0 Å². The van der Waals surface area contributed by atoms with Gasteiger partial charge in [0.15, 0.2) is 6.61 Å². The maximum Gasteiger partial charge on any atom is 0.277 e. The third kappa shape index (κ3) is 7.28. The molecule has 0 spiro atoms. The van der Waals surface area contributed by atoms with Crippen LogP contribution in [-0.4, -0.2) is 30.2 Å². The lowest BCUT2D eigenvalue weighted by Crippen LogP contribution is -2.24. The number of ether oxygens (including phenoxy) is 2. The summed E-state index contributed by atoms with van der Waals surface area (Å²) in [6.07, 6.45) is 1.51. The maximum absolute atomic E-state index is 12.2. The zero-order chi connectivity index (χ0) is 24.5. The Morgan fingerprint density at radius 2 is 1.89 bits per heavy atom. The number of hydrazone groups is 1. The van der Waals surface area contributed by atoms with Gasteiger partial charge < -0.3 is 9.47 Å². The second kappa shape index (κ2) is 12.7. The molecule has 1 N–H and O–H groups in total. The summed E-state index contributed by atoms with van der Waals surface area (Å²) in [5.41, 5.74) is 5.78. The van der Waals surface area contributed by atoms with E-state index in [0.717, 1.165) is 10.0 Å². The molecule has 1 saturated heterocycles. The van der Waals surface area contributed by atoms with Gasteiger partial charge in [-0.05, 0) is 42.0 Å². The number of nitriles is 1. The van der Waals surface area contributed by atoms with Crippen molar-refractivity contribution < 1.29 is 14.3 Å². The molecule has 9 heteroatoms. The van der Waals surface area contributed by atoms with Gasteiger partial charge in [0.2, 0.25) is 0 Å². The molecular weight excluding hydrogens is 546 g/mol. The SMILES string of the molecule is N#Cc1ccccc1COc1ccc(Br)cc1/C=N\NC(=O)COc1ccc(C2SCCS2)cc1. The number of rotatable bonds is 9. The molecule has 0 saturated carbocycles. The summed E-state index contributed by atoms with van der Waals surface area (Å²) >= 11 is 7.34. The van der Waals surface area contributed by atoms with Crippen molar-refractivity contribution in [3.05, 3.63) is 93.5 Å². The fraction of sp³-hybridized carbons (Fsp3) is 0.192. The zero-order valence-corrected chi connectivity index (χ0v) is 21.9. The second-order valence-electron chi connectivity index (χ2n) is 7.46. The number of amides is 1. The van der Waals surface area contributed by atoms with Crippen molar-refractivity contribution in [1.82, 2.24) is 5.43 Å². The molecule has 3 aromatic rings. The van der Waals surface area contributed by atoms with Gasteiger partial charge in [-0.25, -0.2) is 5.43 Å². The van der Waals surface area contributed by atoms with Crippen LogP contribution in [0.15, 0.2) is 76.3 Å². The van der Waals surface area contributed by atoms with Crippen molar-refractivity contribution in [2.45, 2.75) is 11.2 Å². The average molecular weight is 569 g/mol. The Morgan fingerprint density at radius 3 is 2.66 bits per heavy atom. The van der Waals surface area contributed by atoms with E-state index in [4.69, 9.17) is 9.47 Å². The van der Waals surface area contributed by atoms with Gasteiger partial charge in [-0.1, -0.05) is 46.3 Å². The molecule has 6 nitrogen and oxygen atoms in total. The Bertz CT molecular complexity index is 1240. The van der Waals surface area contributed by atoms with Gasteiger partial charge in [0.25, 0.3) is 5.91 Å². The molecule has 0 atom stereocenters. The van der Waals surface area contributed by atoms with Crippen LogP contribution >= 0.6 is 39.5 Å². The summed E-state index contributed by atoms with van der Waals surface area (Å²) in [6.45, 7) is 0.0969. The first kappa shape index (κ1) is 25.2. The molecule has 3 aromatic carbocycles. The van der Waals surface area contributed by atoms with E-state index in [9.17, 15) is 10.1 Å². The van der Waals surface area contributed by atoms with Crippen molar-refractivity contribution >= 4 is 51.6 Å². The molecule has 0 aliphatic carbocycles. The molecule has 0 aromatic heterocycles. The second-order valence-corrected chi connectivity index (χ2v) is 11.1. The third-order valence-electron chi connectivity index (χ3n) is 5.03. The lowest BCUT2D eigenvalue weighted by Gasteiger charge is -2.11. The molecule has 178 valence electrons. The Morgan fingerprint density at radius 1 is 1.11 bits per heavy atom. The van der Waals surface area contributed by atoms with E-state index in [1.54, 1.807) is 12.1 Å². The molecule has 1 aliphatic rings. The quantitative estimate of drug-likeness (QED) is 0.255. The Hall–Kier alpha value is -2.93. The van der Waals surface area contributed by atoms with E-state index in [-0.39, 0.29) is 19.1 Å². The number of nitrogens with one attached hydrogen (secondary N) is 1. The van der Waals surface area contributed by atoms with Gasteiger partial charge in [0, 0.05) is 27.1 Å². The minimum absolute atomic E-state index is 0.142. The molecule has 0 unspecified atom stereocenters. The van der Waals surface area contributed by atoms with Gasteiger partial charge in [-0.15, -0.1) is 23.5 Å². The highest BCUT2D eigenvalue weighted by atomic mass is 79.9. The molecule has 1 aliphatic heterocycles. The molecule has 0 bridgehead atoms. The number of benzene rings is 3. The van der Waals surface area contributed by atoms with Crippen LogP contribution in [0.3, 0.4) is 0 Å². The Kier molecular flexibility index (Phi) is 9.12. The van der Waals surface area contributed by atoms with E-state index in [1.165, 1.54) is 23.3 Å². The lowest BCUT2D eigenvalue weighted by molar-refractivity contribution is -0.123. The fourth-order valence-corrected chi connectivity index (χ4v) is 6.53. The van der Waals surface area contributed by atoms with Crippen LogP contribution in [0, 0.1) is 11.3 Å². The highest BCUT2D eigenvalue weighted by molar-refractivity contribution is 9.10. The molecule has 1 amide bonds. The molecule has 0 radical (unpaired) electrons. The van der Waals surface area contributed by atoms with Gasteiger partial charge >= 0.3 is 0 Å². The van der Waals surface area contributed by atoms with Crippen LogP contribution in [0.1, 0.15) is 26.8 Å². The predicted octanol–water partition coefficient (Wildman–Crippen LogP) is 5.91. The fourth-order valence-electron chi connectivity index (χ4n) is 3.29. The van der Waals surface area contributed by atoms with Gasteiger partial charge in [-0.2, -0.15) is 10.4 Å². The summed E-state index contributed by atoms with van der Waals surface area (Å²) < 4.78 is 12.8. The van der Waals surface area contributed by atoms with Crippen LogP contribution in [0.2, 0.25) is 0 Å². The number of halogens is 1. The molecule has 1 heterocycles. The summed E-state index contributed by atoms with van der Waals surface area (Å²) in [5.74, 6) is 3.20. The van der Waals surface area contributed by atoms with Crippen molar-refractivity contribution in [2.24, 2.45) is 5.10 Å². The highest BCUT2D eigenvalue weighted by Gasteiger charge is 2.18. The van der Waals surface area contributed by atoms with E-state index in [0.29, 0.717) is 27.2 Å². The smallest absolute Gasteiger partial charge is 0.277 e. The van der Waals surface area contributed by atoms with Gasteiger partial charge in [0.1, 0.15) is 18.1 Å². The third-order valence-corrected chi connectivity index (χ3v) is 8.63.